The van der Waals surface area contributed by atoms with E-state index in [1.54, 1.807) is 25.1 Å². The number of carbonyl (C=O) groups is 2. The van der Waals surface area contributed by atoms with Crippen molar-refractivity contribution in [1.29, 1.82) is 0 Å². The van der Waals surface area contributed by atoms with Crippen molar-refractivity contribution in [3.8, 4) is 5.75 Å². The molecule has 2 rings (SSSR count). The van der Waals surface area contributed by atoms with E-state index in [2.05, 4.69) is 0 Å². The molecule has 0 aliphatic heterocycles. The normalized spacial score (nSPS) is 10.2. The van der Waals surface area contributed by atoms with Crippen molar-refractivity contribution in [2.24, 2.45) is 0 Å². The summed E-state index contributed by atoms with van der Waals surface area (Å²) in [5, 5.41) is 2.00. The van der Waals surface area contributed by atoms with Gasteiger partial charge in [-0.3, -0.25) is 4.79 Å². The van der Waals surface area contributed by atoms with Gasteiger partial charge in [0.15, 0.2) is 24.1 Å². The van der Waals surface area contributed by atoms with Gasteiger partial charge in [-0.1, -0.05) is 12.1 Å². The fourth-order valence-electron chi connectivity index (χ4n) is 1.93. The number of amides is 1. The molecule has 0 radical (unpaired) electrons. The van der Waals surface area contributed by atoms with E-state index >= 15 is 0 Å². The molecule has 8 heteroatoms. The predicted molar refractivity (Wildman–Crippen MR) is 82.8 cm³/mol. The Morgan fingerprint density at radius 3 is 2.48 bits per heavy atom. The molecule has 0 aliphatic carbocycles. The summed E-state index contributed by atoms with van der Waals surface area (Å²) in [6.45, 7) is 1.34. The first-order valence-electron chi connectivity index (χ1n) is 7.26. The highest BCUT2D eigenvalue weighted by Crippen LogP contribution is 2.20. The van der Waals surface area contributed by atoms with Crippen molar-refractivity contribution in [2.75, 3.05) is 18.5 Å². The van der Waals surface area contributed by atoms with Crippen molar-refractivity contribution in [2.45, 2.75) is 6.92 Å². The van der Waals surface area contributed by atoms with Gasteiger partial charge in [0.1, 0.15) is 11.3 Å². The standard InChI is InChI=1S/C17H14F3NO4/c1-2-24-13-6-4-3-5-10(13)17(23)25-9-14(22)21-12-8-7-11(18)15(19)16(12)20/h3-8H,2,9H2,1H3,(H,21,22). The van der Waals surface area contributed by atoms with Gasteiger partial charge in [0, 0.05) is 0 Å². The number of rotatable bonds is 6. The molecular formula is C17H14F3NO4. The van der Waals surface area contributed by atoms with E-state index in [4.69, 9.17) is 9.47 Å². The molecule has 1 N–H and O–H groups in total. The zero-order valence-corrected chi connectivity index (χ0v) is 13.1. The molecule has 2 aromatic rings. The molecule has 5 nitrogen and oxygen atoms in total. The number of halogens is 3. The molecule has 0 spiro atoms. The van der Waals surface area contributed by atoms with Crippen molar-refractivity contribution in [1.82, 2.24) is 0 Å². The van der Waals surface area contributed by atoms with Crippen LogP contribution in [0.4, 0.5) is 18.9 Å². The van der Waals surface area contributed by atoms with Gasteiger partial charge in [-0.2, -0.15) is 0 Å². The summed E-state index contributed by atoms with van der Waals surface area (Å²) in [4.78, 5) is 23.7. The predicted octanol–water partition coefficient (Wildman–Crippen LogP) is 3.30. The van der Waals surface area contributed by atoms with Crippen molar-refractivity contribution < 1.29 is 32.2 Å². The third-order valence-electron chi connectivity index (χ3n) is 3.05. The maximum absolute atomic E-state index is 13.5. The van der Waals surface area contributed by atoms with Crippen LogP contribution in [0, 0.1) is 17.5 Å². The summed E-state index contributed by atoms with van der Waals surface area (Å²) in [5.74, 6) is -6.06. The minimum Gasteiger partial charge on any atom is -0.493 e. The molecule has 25 heavy (non-hydrogen) atoms. The van der Waals surface area contributed by atoms with Crippen LogP contribution >= 0.6 is 0 Å². The number of benzene rings is 2. The summed E-state index contributed by atoms with van der Waals surface area (Å²) < 4.78 is 49.5. The molecule has 0 saturated carbocycles. The average molecular weight is 353 g/mol. The van der Waals surface area contributed by atoms with E-state index in [1.165, 1.54) is 6.07 Å². The molecular weight excluding hydrogens is 339 g/mol. The van der Waals surface area contributed by atoms with Crippen LogP contribution in [0.25, 0.3) is 0 Å². The van der Waals surface area contributed by atoms with Crippen LogP contribution in [-0.4, -0.2) is 25.1 Å². The molecule has 0 aliphatic rings. The molecule has 0 fully saturated rings. The Bertz CT molecular complexity index is 795. The van der Waals surface area contributed by atoms with Gasteiger partial charge in [-0.15, -0.1) is 0 Å². The summed E-state index contributed by atoms with van der Waals surface area (Å²) in [7, 11) is 0. The highest BCUT2D eigenvalue weighted by Gasteiger charge is 2.18. The van der Waals surface area contributed by atoms with Crippen LogP contribution in [0.5, 0.6) is 5.75 Å². The number of ether oxygens (including phenoxy) is 2. The van der Waals surface area contributed by atoms with E-state index in [0.29, 0.717) is 18.4 Å². The van der Waals surface area contributed by atoms with Gasteiger partial charge >= 0.3 is 5.97 Å². The van der Waals surface area contributed by atoms with Crippen molar-refractivity contribution >= 4 is 17.6 Å². The Morgan fingerprint density at radius 2 is 1.76 bits per heavy atom. The lowest BCUT2D eigenvalue weighted by atomic mass is 10.2. The van der Waals surface area contributed by atoms with E-state index in [1.807, 2.05) is 5.32 Å². The summed E-state index contributed by atoms with van der Waals surface area (Å²) in [6.07, 6.45) is 0. The summed E-state index contributed by atoms with van der Waals surface area (Å²) in [6, 6.07) is 7.81. The van der Waals surface area contributed by atoms with Gasteiger partial charge in [0.25, 0.3) is 5.91 Å². The van der Waals surface area contributed by atoms with Crippen LogP contribution in [0.2, 0.25) is 0 Å². The van der Waals surface area contributed by atoms with Gasteiger partial charge in [-0.25, -0.2) is 18.0 Å². The van der Waals surface area contributed by atoms with Crippen LogP contribution in [0.1, 0.15) is 17.3 Å². The molecule has 0 unspecified atom stereocenters. The minimum atomic E-state index is -1.71. The van der Waals surface area contributed by atoms with Gasteiger partial charge in [-0.05, 0) is 31.2 Å². The first-order chi connectivity index (χ1) is 11.9. The number of hydrogen-bond donors (Lipinski definition) is 1. The second kappa shape index (κ2) is 8.18. The Hall–Kier alpha value is -3.03. The van der Waals surface area contributed by atoms with Crippen LogP contribution in [0.15, 0.2) is 36.4 Å². The molecule has 0 atom stereocenters. The van der Waals surface area contributed by atoms with Crippen molar-refractivity contribution in [3.05, 3.63) is 59.4 Å². The zero-order valence-electron chi connectivity index (χ0n) is 13.1. The quantitative estimate of drug-likeness (QED) is 0.639. The third-order valence-corrected chi connectivity index (χ3v) is 3.05. The van der Waals surface area contributed by atoms with Gasteiger partial charge < -0.3 is 14.8 Å². The number of hydrogen-bond acceptors (Lipinski definition) is 4. The number of para-hydroxylation sites is 1. The lowest BCUT2D eigenvalue weighted by Gasteiger charge is -2.10. The van der Waals surface area contributed by atoms with E-state index < -0.39 is 41.6 Å². The first-order valence-corrected chi connectivity index (χ1v) is 7.26. The van der Waals surface area contributed by atoms with E-state index in [-0.39, 0.29) is 5.56 Å². The van der Waals surface area contributed by atoms with Crippen molar-refractivity contribution in [3.63, 3.8) is 0 Å². The van der Waals surface area contributed by atoms with Gasteiger partial charge in [0.05, 0.1) is 12.3 Å². The molecule has 0 bridgehead atoms. The van der Waals surface area contributed by atoms with Gasteiger partial charge in [0.2, 0.25) is 0 Å². The van der Waals surface area contributed by atoms with E-state index in [9.17, 15) is 22.8 Å². The highest BCUT2D eigenvalue weighted by molar-refractivity contribution is 5.96. The second-order valence-corrected chi connectivity index (χ2v) is 4.78. The highest BCUT2D eigenvalue weighted by atomic mass is 19.2. The Kier molecular flexibility index (Phi) is 5.99. The Morgan fingerprint density at radius 1 is 1.04 bits per heavy atom. The summed E-state index contributed by atoms with van der Waals surface area (Å²) in [5.41, 5.74) is -0.439. The number of carbonyl (C=O) groups excluding carboxylic acids is 2. The van der Waals surface area contributed by atoms with E-state index in [0.717, 1.165) is 6.07 Å². The number of anilines is 1. The SMILES string of the molecule is CCOc1ccccc1C(=O)OCC(=O)Nc1ccc(F)c(F)c1F. The minimum absolute atomic E-state index is 0.121. The third kappa shape index (κ3) is 4.50. The lowest BCUT2D eigenvalue weighted by molar-refractivity contribution is -0.119. The Labute approximate surface area is 141 Å². The maximum Gasteiger partial charge on any atom is 0.342 e. The molecule has 0 aromatic heterocycles. The second-order valence-electron chi connectivity index (χ2n) is 4.78. The number of nitrogens with one attached hydrogen (secondary N) is 1. The van der Waals surface area contributed by atoms with Crippen LogP contribution in [0.3, 0.4) is 0 Å². The fourth-order valence-corrected chi connectivity index (χ4v) is 1.93. The Balaban J connectivity index is 1.99. The summed E-state index contributed by atoms with van der Waals surface area (Å²) >= 11 is 0. The molecule has 0 saturated heterocycles. The zero-order chi connectivity index (χ0) is 18.4. The number of esters is 1. The molecule has 132 valence electrons. The maximum atomic E-state index is 13.5. The molecule has 1 amide bonds. The monoisotopic (exact) mass is 353 g/mol. The fraction of sp³-hybridized carbons (Fsp3) is 0.176. The lowest BCUT2D eigenvalue weighted by Crippen LogP contribution is -2.22. The van der Waals surface area contributed by atoms with Crippen LogP contribution < -0.4 is 10.1 Å². The first kappa shape index (κ1) is 18.3. The topological polar surface area (TPSA) is 64.6 Å². The average Bonchev–Trinajstić information content (AvgIpc) is 2.61. The smallest absolute Gasteiger partial charge is 0.342 e. The largest absolute Gasteiger partial charge is 0.493 e. The van der Waals surface area contributed by atoms with Crippen LogP contribution in [-0.2, 0) is 9.53 Å². The molecule has 0 heterocycles. The molecule has 2 aromatic carbocycles.